The van der Waals surface area contributed by atoms with Gasteiger partial charge in [0.25, 0.3) is 0 Å². The number of hydrogen-bond acceptors (Lipinski definition) is 8. The predicted molar refractivity (Wildman–Crippen MR) is 69.0 cm³/mol. The van der Waals surface area contributed by atoms with Crippen LogP contribution in [-0.2, 0) is 36.2 Å². The fourth-order valence-electron chi connectivity index (χ4n) is 1.46. The van der Waals surface area contributed by atoms with Crippen LogP contribution in [0, 0.1) is 0 Å². The second kappa shape index (κ2) is 25.2. The van der Waals surface area contributed by atoms with Crippen LogP contribution in [0.3, 0.4) is 0 Å². The Morgan fingerprint density at radius 3 is 1.08 bits per heavy atom. The Kier molecular flexibility index (Phi) is 43.7. The van der Waals surface area contributed by atoms with E-state index in [0.29, 0.717) is 0 Å². The third kappa shape index (κ3) is 29.0. The summed E-state index contributed by atoms with van der Waals surface area (Å²) in [7, 11) is 0. The normalized spacial score (nSPS) is 8.23. The molecule has 0 amide bonds. The first-order chi connectivity index (χ1) is 9.20. The first kappa shape index (κ1) is 45.1. The molecule has 26 heavy (non-hydrogen) atoms. The quantitative estimate of drug-likeness (QED) is 0.284. The number of nitrogens with zero attached hydrogens (tertiary/aromatic N) is 2. The van der Waals surface area contributed by atoms with E-state index in [2.05, 4.69) is 0 Å². The summed E-state index contributed by atoms with van der Waals surface area (Å²) in [5.41, 5.74) is 0. The molecule has 16 heteroatoms. The molecule has 1 radical (unpaired) electrons. The summed E-state index contributed by atoms with van der Waals surface area (Å²) in [5, 5.41) is 38.0. The Bertz CT molecular complexity index is 335. The van der Waals surface area contributed by atoms with Gasteiger partial charge in [-0.05, 0) is 0 Å². The van der Waals surface area contributed by atoms with Gasteiger partial charge in [0.15, 0.2) is 0 Å². The van der Waals surface area contributed by atoms with Crippen LogP contribution in [0.15, 0.2) is 0 Å². The summed E-state index contributed by atoms with van der Waals surface area (Å²) in [6, 6.07) is 0. The van der Waals surface area contributed by atoms with Crippen molar-refractivity contribution >= 4 is 23.9 Å². The molecule has 0 saturated heterocycles. The van der Waals surface area contributed by atoms with Gasteiger partial charge in [-0.2, -0.15) is 0 Å². The van der Waals surface area contributed by atoms with Crippen LogP contribution in [0.5, 0.6) is 0 Å². The minimum atomic E-state index is -1.51. The van der Waals surface area contributed by atoms with Gasteiger partial charge in [0.1, 0.15) is 0 Å². The number of carbonyl (C=O) groups excluding carboxylic acids is 2. The van der Waals surface area contributed by atoms with E-state index in [0.717, 1.165) is 9.80 Å². The van der Waals surface area contributed by atoms with Gasteiger partial charge < -0.3 is 46.4 Å². The molecule has 0 heterocycles. The summed E-state index contributed by atoms with van der Waals surface area (Å²) in [6.07, 6.45) is 0. The van der Waals surface area contributed by atoms with Gasteiger partial charge in [-0.25, -0.2) is 0 Å². The van der Waals surface area contributed by atoms with E-state index >= 15 is 0 Å². The number of carboxylic acid groups (broad SMARTS) is 4. The first-order valence-corrected chi connectivity index (χ1v) is 5.48. The number of rotatable bonds is 11. The van der Waals surface area contributed by atoms with E-state index in [1.165, 1.54) is 0 Å². The summed E-state index contributed by atoms with van der Waals surface area (Å²) in [6.45, 7) is -2.75. The van der Waals surface area contributed by atoms with E-state index in [9.17, 15) is 29.4 Å². The van der Waals surface area contributed by atoms with E-state index < -0.39 is 50.1 Å². The number of aliphatic carboxylic acids is 4. The van der Waals surface area contributed by atoms with Crippen LogP contribution in [-0.4, -0.2) is 99.6 Å². The minimum absolute atomic E-state index is 0. The molecule has 145 valence electrons. The van der Waals surface area contributed by atoms with E-state index in [1.54, 1.807) is 0 Å². The average Bonchev–Trinajstić information content (AvgIpc) is 2.22. The molecule has 13 nitrogen and oxygen atoms in total. The molecule has 0 saturated carbocycles. The number of carbonyl (C=O) groups is 4. The van der Waals surface area contributed by atoms with Crippen LogP contribution >= 0.6 is 0 Å². The van der Waals surface area contributed by atoms with Crippen molar-refractivity contribution in [2.24, 2.45) is 0 Å². The van der Waals surface area contributed by atoms with Gasteiger partial charge in [-0.15, -0.1) is 0 Å². The molecular weight excluding hydrogens is 425 g/mol. The van der Waals surface area contributed by atoms with Crippen LogP contribution in [0.4, 0.5) is 0 Å². The predicted octanol–water partition coefficient (Wildman–Crippen LogP) is -13.2. The van der Waals surface area contributed by atoms with Gasteiger partial charge in [-0.1, -0.05) is 0 Å². The summed E-state index contributed by atoms with van der Waals surface area (Å²) in [5.74, 6) is -5.52. The van der Waals surface area contributed by atoms with E-state index in [-0.39, 0.29) is 106 Å². The first-order valence-electron chi connectivity index (χ1n) is 5.48. The zero-order valence-corrected chi connectivity index (χ0v) is 19.5. The largest absolute Gasteiger partial charge is 1.00 e. The van der Waals surface area contributed by atoms with Gasteiger partial charge in [0.05, 0.1) is 25.0 Å². The van der Waals surface area contributed by atoms with Crippen molar-refractivity contribution in [3.63, 3.8) is 0 Å². The Labute approximate surface area is 203 Å². The Morgan fingerprint density at radius 2 is 0.885 bits per heavy atom. The van der Waals surface area contributed by atoms with Gasteiger partial charge in [0, 0.05) is 43.2 Å². The minimum Gasteiger partial charge on any atom is -0.549 e. The molecule has 0 aliphatic heterocycles. The molecule has 0 aliphatic carbocycles. The van der Waals surface area contributed by atoms with Crippen LogP contribution in [0.1, 0.15) is 0 Å². The van der Waals surface area contributed by atoms with Crippen molar-refractivity contribution in [3.8, 4) is 0 Å². The monoisotopic (exact) mass is 445 g/mol. The number of hydrogen-bond donors (Lipinski definition) is 2. The molecule has 0 spiro atoms. The smallest absolute Gasteiger partial charge is 0.549 e. The SMILES string of the molecule is O.O.O.O=C([O-])CN(CCN(CC(=O)O)CC(=O)O)CC(=O)[O-].[Mn].[Na+].[Na+]. The van der Waals surface area contributed by atoms with Crippen molar-refractivity contribution in [3.05, 3.63) is 0 Å². The molecule has 0 aromatic rings. The fourth-order valence-corrected chi connectivity index (χ4v) is 1.46. The number of carboxylic acids is 4. The van der Waals surface area contributed by atoms with Gasteiger partial charge in [0.2, 0.25) is 0 Å². The fraction of sp³-hybridized carbons (Fsp3) is 0.600. The van der Waals surface area contributed by atoms with Crippen LogP contribution in [0.25, 0.3) is 0 Å². The molecule has 0 aromatic carbocycles. The molecule has 0 unspecified atom stereocenters. The van der Waals surface area contributed by atoms with Crippen LogP contribution in [0.2, 0.25) is 0 Å². The standard InChI is InChI=1S/C10H16N2O8.Mn.2Na.3H2O/c13-7(14)3-11(4-8(15)16)1-2-12(5-9(17)18)6-10(19)20;;;;;;/h1-6H2,(H,13,14)(H,15,16)(H,17,18)(H,19,20);;;;3*1H2/q;;2*+1;;;/p-2. The molecular formula is C10H20MnN2Na2O11. The van der Waals surface area contributed by atoms with Crippen LogP contribution < -0.4 is 69.3 Å². The van der Waals surface area contributed by atoms with Gasteiger partial charge >= 0.3 is 71.1 Å². The summed E-state index contributed by atoms with van der Waals surface area (Å²) >= 11 is 0. The van der Waals surface area contributed by atoms with Crippen molar-refractivity contribution in [2.45, 2.75) is 0 Å². The zero-order valence-electron chi connectivity index (χ0n) is 14.4. The van der Waals surface area contributed by atoms with Crippen molar-refractivity contribution in [1.82, 2.24) is 9.80 Å². The third-order valence-corrected chi connectivity index (χ3v) is 2.16. The Morgan fingerprint density at radius 1 is 0.654 bits per heavy atom. The summed E-state index contributed by atoms with van der Waals surface area (Å²) in [4.78, 5) is 43.9. The molecule has 0 rings (SSSR count). The maximum atomic E-state index is 10.5. The molecule has 0 bridgehead atoms. The van der Waals surface area contributed by atoms with Crippen molar-refractivity contribution in [2.75, 3.05) is 39.3 Å². The molecule has 0 fully saturated rings. The van der Waals surface area contributed by atoms with Crippen molar-refractivity contribution in [1.29, 1.82) is 0 Å². The topological polar surface area (TPSA) is 256 Å². The van der Waals surface area contributed by atoms with E-state index in [4.69, 9.17) is 10.2 Å². The van der Waals surface area contributed by atoms with Gasteiger partial charge in [-0.3, -0.25) is 19.4 Å². The molecule has 0 aromatic heterocycles. The molecule has 8 N–H and O–H groups in total. The van der Waals surface area contributed by atoms with E-state index in [1.807, 2.05) is 0 Å². The molecule has 0 aliphatic rings. The molecule has 0 atom stereocenters. The van der Waals surface area contributed by atoms with Crippen molar-refractivity contribution < 1.29 is 132 Å². The average molecular weight is 445 g/mol. The second-order valence-electron chi connectivity index (χ2n) is 3.95. The maximum Gasteiger partial charge on any atom is 1.00 e. The zero-order chi connectivity index (χ0) is 15.7. The Balaban J connectivity index is -0.000000120. The Hall–Kier alpha value is 0.199. The second-order valence-corrected chi connectivity index (χ2v) is 3.95. The third-order valence-electron chi connectivity index (χ3n) is 2.16. The summed E-state index contributed by atoms with van der Waals surface area (Å²) < 4.78 is 0. The maximum absolute atomic E-state index is 10.5.